The van der Waals surface area contributed by atoms with E-state index in [1.165, 1.54) is 88.3 Å². The van der Waals surface area contributed by atoms with Crippen molar-refractivity contribution in [2.45, 2.75) is 223 Å². The normalized spacial score (nSPS) is 12.4. The molecule has 0 aliphatic carbocycles. The van der Waals surface area contributed by atoms with Crippen LogP contribution in [0.3, 0.4) is 0 Å². The molecular weight excluding hydrogens is 1540 g/mol. The maximum absolute atomic E-state index is 6.51. The van der Waals surface area contributed by atoms with Crippen molar-refractivity contribution in [2.75, 3.05) is 20.0 Å². The molecule has 125 heavy (non-hydrogen) atoms. The van der Waals surface area contributed by atoms with Crippen LogP contribution >= 0.6 is 11.6 Å². The molecule has 640 valence electrons. The molecule has 2 aromatic heterocycles. The number of rotatable bonds is 13. The number of halogens is 1. The second-order valence-corrected chi connectivity index (χ2v) is 43.0. The lowest BCUT2D eigenvalue weighted by atomic mass is 9.84. The molecular formula is C118H129ClN4O2. The first-order valence-corrected chi connectivity index (χ1v) is 44.9. The number of nitrogens with zero attached hydrogens (tertiary/aromatic N) is 3. The van der Waals surface area contributed by atoms with Gasteiger partial charge in [-0.25, -0.2) is 0 Å². The molecule has 0 amide bonds. The summed E-state index contributed by atoms with van der Waals surface area (Å²) in [5.74, 6) is 0. The number of furan rings is 2. The Morgan fingerprint density at radius 3 is 0.984 bits per heavy atom. The van der Waals surface area contributed by atoms with E-state index in [2.05, 4.69) is 479 Å². The van der Waals surface area contributed by atoms with Crippen LogP contribution in [0.5, 0.6) is 0 Å². The van der Waals surface area contributed by atoms with Crippen LogP contribution in [-0.2, 0) is 43.3 Å². The number of hydrogen-bond donors (Lipinski definition) is 1. The molecule has 16 aromatic rings. The largest absolute Gasteiger partial charge is 0.462 e. The zero-order valence-corrected chi connectivity index (χ0v) is 79.7. The van der Waals surface area contributed by atoms with Crippen LogP contribution in [0, 0.1) is 13.8 Å². The monoisotopic (exact) mass is 1670 g/mol. The third-order valence-electron chi connectivity index (χ3n) is 24.3. The molecule has 1 N–H and O–H groups in total. The van der Waals surface area contributed by atoms with Crippen LogP contribution in [-0.4, -0.2) is 0 Å². The summed E-state index contributed by atoms with van der Waals surface area (Å²) in [4.78, 5) is 7.13. The van der Waals surface area contributed by atoms with Gasteiger partial charge in [0.2, 0.25) is 0 Å². The molecule has 0 saturated heterocycles. The lowest BCUT2D eigenvalue weighted by Crippen LogP contribution is -2.16. The minimum atomic E-state index is -0.0608. The van der Waals surface area contributed by atoms with Gasteiger partial charge < -0.3 is 28.9 Å². The Kier molecular flexibility index (Phi) is 24.8. The fourth-order valence-corrected chi connectivity index (χ4v) is 16.9. The first-order chi connectivity index (χ1) is 58.7. The number of aryl methyl sites for hydroxylation is 2. The topological polar surface area (TPSA) is 48.0 Å². The Hall–Kier alpha value is -11.8. The number of nitrogens with one attached hydrogen (secondary N) is 1. The van der Waals surface area contributed by atoms with Gasteiger partial charge in [0, 0.05) is 72.4 Å². The molecule has 14 aromatic carbocycles. The molecule has 0 aliphatic heterocycles. The molecule has 16 rings (SSSR count). The minimum Gasteiger partial charge on any atom is -0.462 e. The van der Waals surface area contributed by atoms with Crippen LogP contribution < -0.4 is 20.0 Å². The molecule has 6 nitrogen and oxygen atoms in total. The van der Waals surface area contributed by atoms with Crippen LogP contribution in [0.2, 0.25) is 5.02 Å². The molecule has 0 saturated carbocycles. The summed E-state index contributed by atoms with van der Waals surface area (Å²) in [6.07, 6.45) is 3.79. The Labute approximate surface area is 751 Å². The summed E-state index contributed by atoms with van der Waals surface area (Å²) in [5, 5.41) is 11.6. The highest BCUT2D eigenvalue weighted by Gasteiger charge is 2.30. The lowest BCUT2D eigenvalue weighted by Gasteiger charge is -2.32. The van der Waals surface area contributed by atoms with Gasteiger partial charge in [0.1, 0.15) is 23.7 Å². The van der Waals surface area contributed by atoms with Crippen LogP contribution in [0.4, 0.5) is 62.6 Å². The van der Waals surface area contributed by atoms with E-state index in [-0.39, 0.29) is 43.3 Å². The summed E-state index contributed by atoms with van der Waals surface area (Å²) in [5.41, 5.74) is 31.5. The zero-order chi connectivity index (χ0) is 89.8. The van der Waals surface area contributed by atoms with Gasteiger partial charge in [0.25, 0.3) is 0 Å². The van der Waals surface area contributed by atoms with Gasteiger partial charge in [-0.2, -0.15) is 0 Å². The van der Waals surface area contributed by atoms with E-state index >= 15 is 0 Å². The van der Waals surface area contributed by atoms with E-state index in [9.17, 15) is 0 Å². The van der Waals surface area contributed by atoms with Crippen molar-refractivity contribution >= 4 is 118 Å². The number of benzene rings is 14. The average molecular weight is 1670 g/mol. The quantitative estimate of drug-likeness (QED) is 0.124. The van der Waals surface area contributed by atoms with Gasteiger partial charge in [-0.3, -0.25) is 0 Å². The standard InChI is InChI=1S/C59H64N2O.C32H33NO.C27H32ClN/c1-39-33-47(60(45-27-21-41(22-28-45)56(2,3)4)46-29-23-42(24-30-46)57(5,6)7)37-48(34-39)61(54-38-62-55-32-26-44(36-52(54)55)59(11,12)13)53-31-25-43(58(8,9)10)35-51(53)50-20-16-18-40-17-14-15-19-49(40)50;1-31(2,3)22-14-16-28(26(18-22)25-13-9-11-21-10-7-8-12-24(21)25)33-29-20-34-30-17-15-23(19-27(29)30)32(4,5)6;1-19-16-22(28)18-25(17-19)29(23-12-8-20(9-13-23)26(2,3)4)24-14-10-21(11-15-24)27(5,6)7/h14-38H,1-13H3;7-20,33H,1-6H3;8-18H,1-7H3. The van der Waals surface area contributed by atoms with Gasteiger partial charge in [0.05, 0.1) is 17.1 Å². The third-order valence-corrected chi connectivity index (χ3v) is 24.6. The van der Waals surface area contributed by atoms with E-state index in [1.807, 2.05) is 24.7 Å². The molecule has 0 atom stereocenters. The summed E-state index contributed by atoms with van der Waals surface area (Å²) in [7, 11) is 0. The van der Waals surface area contributed by atoms with Crippen molar-refractivity contribution in [2.24, 2.45) is 0 Å². The van der Waals surface area contributed by atoms with Crippen LogP contribution in [0.1, 0.15) is 222 Å². The van der Waals surface area contributed by atoms with Gasteiger partial charge in [-0.1, -0.05) is 335 Å². The highest BCUT2D eigenvalue weighted by atomic mass is 35.5. The van der Waals surface area contributed by atoms with E-state index in [0.29, 0.717) is 0 Å². The maximum Gasteiger partial charge on any atom is 0.136 e. The predicted molar refractivity (Wildman–Crippen MR) is 543 cm³/mol. The molecule has 0 bridgehead atoms. The fourth-order valence-electron chi connectivity index (χ4n) is 16.7. The molecule has 0 aliphatic rings. The van der Waals surface area contributed by atoms with E-state index in [1.54, 1.807) is 0 Å². The lowest BCUT2D eigenvalue weighted by molar-refractivity contribution is 0.589. The second kappa shape index (κ2) is 34.6. The van der Waals surface area contributed by atoms with E-state index in [4.69, 9.17) is 20.4 Å². The highest BCUT2D eigenvalue weighted by molar-refractivity contribution is 6.31. The molecule has 0 spiro atoms. The molecule has 7 heteroatoms. The predicted octanol–water partition coefficient (Wildman–Crippen LogP) is 36.0. The van der Waals surface area contributed by atoms with E-state index in [0.717, 1.165) is 101 Å². The third kappa shape index (κ3) is 20.1. The Bertz CT molecular complexity index is 6390. The summed E-state index contributed by atoms with van der Waals surface area (Å²) in [6.45, 7) is 58.6. The van der Waals surface area contributed by atoms with Gasteiger partial charge in [0.15, 0.2) is 0 Å². The fraction of sp³-hybridized carbons (Fsp3) is 0.288. The van der Waals surface area contributed by atoms with Crippen molar-refractivity contribution in [3.8, 4) is 22.3 Å². The first-order valence-electron chi connectivity index (χ1n) is 44.5. The molecule has 0 unspecified atom stereocenters. The van der Waals surface area contributed by atoms with Gasteiger partial charge >= 0.3 is 0 Å². The Balaban J connectivity index is 0.000000169. The molecule has 0 radical (unpaired) electrons. The van der Waals surface area contributed by atoms with Crippen molar-refractivity contribution in [1.29, 1.82) is 0 Å². The number of anilines is 11. The van der Waals surface area contributed by atoms with Crippen LogP contribution in [0.15, 0.2) is 313 Å². The zero-order valence-electron chi connectivity index (χ0n) is 78.9. The minimum absolute atomic E-state index is 0.0409. The first kappa shape index (κ1) is 89.4. The van der Waals surface area contributed by atoms with Crippen LogP contribution in [0.25, 0.3) is 65.7 Å². The van der Waals surface area contributed by atoms with Gasteiger partial charge in [-0.05, 0) is 279 Å². The smallest absolute Gasteiger partial charge is 0.136 e. The summed E-state index contributed by atoms with van der Waals surface area (Å²) in [6, 6.07) is 107. The Morgan fingerprint density at radius 2 is 0.560 bits per heavy atom. The van der Waals surface area contributed by atoms with Crippen molar-refractivity contribution in [3.63, 3.8) is 0 Å². The second-order valence-electron chi connectivity index (χ2n) is 42.6. The SMILES string of the molecule is CC(C)(C)c1ccc(Nc2coc3ccc(C(C)(C)C)cc23)c(-c2cccc3ccccc23)c1.Cc1cc(Cl)cc(N(c2ccc(C(C)(C)C)cc2)c2ccc(C(C)(C)C)cc2)c1.Cc1cc(N(c2ccc(C(C)(C)C)cc2)c2ccc(C(C)(C)C)cc2)cc(N(c2ccc(C(C)(C)C)cc2-c2cccc3ccccc23)c2coc3ccc(C(C)(C)C)cc23)c1. The van der Waals surface area contributed by atoms with Crippen molar-refractivity contribution in [1.82, 2.24) is 0 Å². The average Bonchev–Trinajstić information content (AvgIpc) is 1.61. The van der Waals surface area contributed by atoms with E-state index < -0.39 is 0 Å². The number of hydrogen-bond acceptors (Lipinski definition) is 6. The summed E-state index contributed by atoms with van der Waals surface area (Å²) < 4.78 is 12.4. The van der Waals surface area contributed by atoms with Gasteiger partial charge in [-0.15, -0.1) is 0 Å². The maximum atomic E-state index is 6.51. The van der Waals surface area contributed by atoms with Crippen molar-refractivity contribution in [3.05, 3.63) is 364 Å². The molecule has 0 fully saturated rings. The molecule has 2 heterocycles. The Morgan fingerprint density at radius 1 is 0.232 bits per heavy atom. The van der Waals surface area contributed by atoms with Crippen molar-refractivity contribution < 1.29 is 8.83 Å². The summed E-state index contributed by atoms with van der Waals surface area (Å²) >= 11 is 6.41. The number of fused-ring (bicyclic) bond motifs is 4. The highest BCUT2D eigenvalue weighted by Crippen LogP contribution is 2.51.